The molecule has 0 bridgehead atoms. The number of hydrogen-bond acceptors (Lipinski definition) is 0. The summed E-state index contributed by atoms with van der Waals surface area (Å²) < 4.78 is 0. The van der Waals surface area contributed by atoms with Gasteiger partial charge in [0.25, 0.3) is 0 Å². The van der Waals surface area contributed by atoms with Gasteiger partial charge in [0.2, 0.25) is 0 Å². The number of hydrogen-bond donors (Lipinski definition) is 0. The van der Waals surface area contributed by atoms with Crippen molar-refractivity contribution in [3.63, 3.8) is 0 Å². The Morgan fingerprint density at radius 2 is 1.07 bits per heavy atom. The lowest BCUT2D eigenvalue weighted by molar-refractivity contribution is 0.450. The van der Waals surface area contributed by atoms with E-state index in [1.165, 1.54) is 53.5 Å². The average Bonchev–Trinajstić information content (AvgIpc) is 2.81. The smallest absolute Gasteiger partial charge is 0.0128 e. The van der Waals surface area contributed by atoms with Crippen LogP contribution in [0.3, 0.4) is 0 Å². The van der Waals surface area contributed by atoms with Crippen LogP contribution in [0.4, 0.5) is 0 Å². The molecule has 30 heavy (non-hydrogen) atoms. The Hall–Kier alpha value is -1.91. The Bertz CT molecular complexity index is 865. The fraction of sp³-hybridized carbons (Fsp3) is 0.379. The van der Waals surface area contributed by atoms with Crippen LogP contribution in [0, 0.1) is 6.92 Å². The van der Waals surface area contributed by atoms with E-state index in [-0.39, 0.29) is 0 Å². The third-order valence-corrected chi connectivity index (χ3v) is 7.10. The second-order valence-corrected chi connectivity index (χ2v) is 9.05. The SMILES string of the molecule is CCC(CC(CC(CC)c1ccc(CP)cc1)c1ccc(C)cc1)c1ccccc1. The third-order valence-electron chi connectivity index (χ3n) is 6.63. The van der Waals surface area contributed by atoms with Gasteiger partial charge < -0.3 is 0 Å². The maximum absolute atomic E-state index is 2.83. The largest absolute Gasteiger partial charge is 0.133 e. The zero-order chi connectivity index (χ0) is 21.3. The summed E-state index contributed by atoms with van der Waals surface area (Å²) in [4.78, 5) is 0. The fourth-order valence-corrected chi connectivity index (χ4v) is 4.89. The molecule has 3 aromatic carbocycles. The average molecular weight is 417 g/mol. The topological polar surface area (TPSA) is 0 Å². The molecule has 3 aromatic rings. The van der Waals surface area contributed by atoms with Crippen LogP contribution in [0.1, 0.15) is 85.1 Å². The van der Waals surface area contributed by atoms with Crippen molar-refractivity contribution in [3.8, 4) is 0 Å². The maximum Gasteiger partial charge on any atom is -0.0128 e. The van der Waals surface area contributed by atoms with Gasteiger partial charge in [-0.1, -0.05) is 98.3 Å². The predicted molar refractivity (Wildman–Crippen MR) is 136 cm³/mol. The molecule has 0 radical (unpaired) electrons. The number of aryl methyl sites for hydroxylation is 1. The highest BCUT2D eigenvalue weighted by atomic mass is 31.0. The fourth-order valence-electron chi connectivity index (χ4n) is 4.62. The molecule has 158 valence electrons. The molecule has 4 unspecified atom stereocenters. The number of rotatable bonds is 10. The molecule has 1 heteroatoms. The van der Waals surface area contributed by atoms with Gasteiger partial charge in [-0.2, -0.15) is 0 Å². The molecule has 3 rings (SSSR count). The molecule has 4 atom stereocenters. The van der Waals surface area contributed by atoms with Crippen LogP contribution in [0.15, 0.2) is 78.9 Å². The Morgan fingerprint density at radius 1 is 0.600 bits per heavy atom. The van der Waals surface area contributed by atoms with Gasteiger partial charge >= 0.3 is 0 Å². The zero-order valence-electron chi connectivity index (χ0n) is 18.9. The van der Waals surface area contributed by atoms with Crippen molar-refractivity contribution in [2.24, 2.45) is 0 Å². The van der Waals surface area contributed by atoms with E-state index in [1.54, 1.807) is 0 Å². The van der Waals surface area contributed by atoms with E-state index < -0.39 is 0 Å². The zero-order valence-corrected chi connectivity index (χ0v) is 20.0. The van der Waals surface area contributed by atoms with Crippen molar-refractivity contribution in [1.82, 2.24) is 0 Å². The molecule has 0 N–H and O–H groups in total. The van der Waals surface area contributed by atoms with Crippen LogP contribution in [0.5, 0.6) is 0 Å². The van der Waals surface area contributed by atoms with Crippen molar-refractivity contribution in [2.75, 3.05) is 0 Å². The summed E-state index contributed by atoms with van der Waals surface area (Å²) >= 11 is 0. The Labute approximate surface area is 186 Å². The minimum atomic E-state index is 0.571. The van der Waals surface area contributed by atoms with Crippen LogP contribution < -0.4 is 0 Å². The molecule has 0 nitrogen and oxygen atoms in total. The molecule has 0 aliphatic heterocycles. The summed E-state index contributed by atoms with van der Waals surface area (Å²) in [7, 11) is 2.83. The highest BCUT2D eigenvalue weighted by molar-refractivity contribution is 7.15. The van der Waals surface area contributed by atoms with Crippen LogP contribution in [0.25, 0.3) is 0 Å². The molecule has 0 aromatic heterocycles. The van der Waals surface area contributed by atoms with Crippen molar-refractivity contribution in [1.29, 1.82) is 0 Å². The second kappa shape index (κ2) is 11.5. The van der Waals surface area contributed by atoms with Crippen LogP contribution in [0.2, 0.25) is 0 Å². The Kier molecular flexibility index (Phi) is 8.71. The first-order valence-electron chi connectivity index (χ1n) is 11.5. The van der Waals surface area contributed by atoms with Gasteiger partial charge in [-0.15, -0.1) is 9.24 Å². The first kappa shape index (κ1) is 22.8. The van der Waals surface area contributed by atoms with Crippen molar-refractivity contribution >= 4 is 9.24 Å². The summed E-state index contributed by atoms with van der Waals surface area (Å²) in [5, 5.41) is 0. The minimum absolute atomic E-state index is 0.571. The molecule has 0 amide bonds. The summed E-state index contributed by atoms with van der Waals surface area (Å²) in [6.45, 7) is 6.86. The second-order valence-electron chi connectivity index (χ2n) is 8.65. The number of benzene rings is 3. The normalized spacial score (nSPS) is 14.3. The molecular formula is C29H37P. The summed E-state index contributed by atoms with van der Waals surface area (Å²) in [6, 6.07) is 29.7. The molecule has 0 fully saturated rings. The van der Waals surface area contributed by atoms with E-state index in [1.807, 2.05) is 0 Å². The van der Waals surface area contributed by atoms with Gasteiger partial charge in [0, 0.05) is 0 Å². The maximum atomic E-state index is 2.83. The summed E-state index contributed by atoms with van der Waals surface area (Å²) in [6.07, 6.45) is 5.82. The molecule has 0 heterocycles. The predicted octanol–water partition coefficient (Wildman–Crippen LogP) is 8.62. The molecule has 0 saturated carbocycles. The quantitative estimate of drug-likeness (QED) is 0.290. The third kappa shape index (κ3) is 6.05. The standard InChI is InChI=1S/C29H37P/c1-4-24(26-9-7-6-8-10-26)19-29(28-15-11-22(3)12-16-28)20-25(5-2)27-17-13-23(21-30)14-18-27/h6-18,24-25,29H,4-5,19-21,30H2,1-3H3. The van der Waals surface area contributed by atoms with Gasteiger partial charge in [0.05, 0.1) is 0 Å². The first-order chi connectivity index (χ1) is 14.6. The Balaban J connectivity index is 1.86. The summed E-state index contributed by atoms with van der Waals surface area (Å²) in [5.41, 5.74) is 7.20. The van der Waals surface area contributed by atoms with Crippen molar-refractivity contribution in [2.45, 2.75) is 70.4 Å². The molecule has 0 spiro atoms. The van der Waals surface area contributed by atoms with E-state index in [0.29, 0.717) is 17.8 Å². The van der Waals surface area contributed by atoms with E-state index >= 15 is 0 Å². The van der Waals surface area contributed by atoms with Gasteiger partial charge in [-0.05, 0) is 78.8 Å². The summed E-state index contributed by atoms with van der Waals surface area (Å²) in [5.74, 6) is 1.78. The molecular weight excluding hydrogens is 379 g/mol. The van der Waals surface area contributed by atoms with Crippen molar-refractivity contribution < 1.29 is 0 Å². The Morgan fingerprint density at radius 3 is 1.57 bits per heavy atom. The van der Waals surface area contributed by atoms with Crippen LogP contribution in [-0.4, -0.2) is 0 Å². The van der Waals surface area contributed by atoms with Gasteiger partial charge in [-0.25, -0.2) is 0 Å². The highest BCUT2D eigenvalue weighted by Crippen LogP contribution is 2.39. The first-order valence-corrected chi connectivity index (χ1v) is 12.4. The monoisotopic (exact) mass is 416 g/mol. The highest BCUT2D eigenvalue weighted by Gasteiger charge is 2.23. The lowest BCUT2D eigenvalue weighted by Gasteiger charge is -2.28. The molecule has 0 aliphatic carbocycles. The van der Waals surface area contributed by atoms with Gasteiger partial charge in [-0.3, -0.25) is 0 Å². The minimum Gasteiger partial charge on any atom is -0.133 e. The van der Waals surface area contributed by atoms with Crippen LogP contribution >= 0.6 is 9.24 Å². The van der Waals surface area contributed by atoms with Crippen molar-refractivity contribution in [3.05, 3.63) is 107 Å². The molecule has 0 saturated heterocycles. The molecule has 0 aliphatic rings. The lowest BCUT2D eigenvalue weighted by atomic mass is 9.77. The van der Waals surface area contributed by atoms with Gasteiger partial charge in [0.1, 0.15) is 0 Å². The van der Waals surface area contributed by atoms with E-state index in [4.69, 9.17) is 0 Å². The van der Waals surface area contributed by atoms with Gasteiger partial charge in [0.15, 0.2) is 0 Å². The van der Waals surface area contributed by atoms with E-state index in [2.05, 4.69) is 109 Å². The lowest BCUT2D eigenvalue weighted by Crippen LogP contribution is -2.11. The van der Waals surface area contributed by atoms with Crippen LogP contribution in [-0.2, 0) is 6.16 Å². The van der Waals surface area contributed by atoms with E-state index in [9.17, 15) is 0 Å². The van der Waals surface area contributed by atoms with E-state index in [0.717, 1.165) is 6.16 Å².